The van der Waals surface area contributed by atoms with Crippen molar-refractivity contribution in [2.75, 3.05) is 0 Å². The molecular weight excluding hydrogens is 276 g/mol. The molecule has 0 aliphatic heterocycles. The quantitative estimate of drug-likeness (QED) is 0.454. The zero-order chi connectivity index (χ0) is 19.6. The Hall–Kier alpha value is -1.04. The minimum absolute atomic E-state index is 1.16. The van der Waals surface area contributed by atoms with E-state index in [1.54, 1.807) is 0 Å². The van der Waals surface area contributed by atoms with Crippen molar-refractivity contribution in [3.05, 3.63) is 45.6 Å². The lowest BCUT2D eigenvalue weighted by atomic mass is 10.1. The second kappa shape index (κ2) is 21.0. The predicted molar refractivity (Wildman–Crippen MR) is 114 cm³/mol. The molecule has 0 amide bonds. The van der Waals surface area contributed by atoms with Gasteiger partial charge in [0.2, 0.25) is 0 Å². The minimum atomic E-state index is 1.16. The molecule has 0 spiro atoms. The Morgan fingerprint density at radius 1 is 0.565 bits per heavy atom. The Bertz CT molecular complexity index is 372. The van der Waals surface area contributed by atoms with Crippen molar-refractivity contribution >= 4 is 0 Å². The van der Waals surface area contributed by atoms with Crippen LogP contribution in [0.4, 0.5) is 0 Å². The fourth-order valence-corrected chi connectivity index (χ4v) is 1.19. The monoisotopic (exact) mass is 322 g/mol. The zero-order valence-corrected chi connectivity index (χ0v) is 18.9. The van der Waals surface area contributed by atoms with E-state index in [9.17, 15) is 0 Å². The molecule has 0 heteroatoms. The molecule has 0 atom stereocenters. The van der Waals surface area contributed by atoms with E-state index >= 15 is 0 Å². The van der Waals surface area contributed by atoms with Crippen LogP contribution in [-0.2, 0) is 0 Å². The molecule has 0 unspecified atom stereocenters. The van der Waals surface area contributed by atoms with Gasteiger partial charge in [-0.15, -0.1) is 0 Å². The molecule has 0 aliphatic carbocycles. The maximum atomic E-state index is 2.26. The average molecular weight is 323 g/mol. The van der Waals surface area contributed by atoms with Gasteiger partial charge in [-0.1, -0.05) is 80.2 Å². The molecule has 0 bridgehead atoms. The molecule has 0 radical (unpaired) electrons. The fourth-order valence-electron chi connectivity index (χ4n) is 1.19. The maximum Gasteiger partial charge on any atom is -0.0348 e. The summed E-state index contributed by atoms with van der Waals surface area (Å²) in [6.45, 7) is 29.5. The molecule has 0 N–H and O–H groups in total. The summed E-state index contributed by atoms with van der Waals surface area (Å²) in [7, 11) is 0. The van der Waals surface area contributed by atoms with Crippen molar-refractivity contribution in [3.8, 4) is 0 Å². The van der Waals surface area contributed by atoms with E-state index in [-0.39, 0.29) is 0 Å². The van der Waals surface area contributed by atoms with Gasteiger partial charge in [-0.05, 0) is 68.7 Å². The summed E-state index contributed by atoms with van der Waals surface area (Å²) >= 11 is 0. The largest absolute Gasteiger partial charge is 0.0762 e. The highest BCUT2D eigenvalue weighted by molar-refractivity contribution is 5.24. The first-order valence-electron chi connectivity index (χ1n) is 9.22. The van der Waals surface area contributed by atoms with Gasteiger partial charge in [-0.3, -0.25) is 0 Å². The second-order valence-electron chi connectivity index (χ2n) is 5.93. The van der Waals surface area contributed by atoms with E-state index < -0.39 is 0 Å². The molecule has 0 aromatic carbocycles. The number of rotatable bonds is 3. The van der Waals surface area contributed by atoms with E-state index in [0.29, 0.717) is 0 Å². The second-order valence-corrected chi connectivity index (χ2v) is 5.93. The molecule has 0 aliphatic rings. The molecule has 0 aromatic rings. The average Bonchev–Trinajstić information content (AvgIpc) is 2.50. The van der Waals surface area contributed by atoms with Crippen LogP contribution in [0.5, 0.6) is 0 Å². The van der Waals surface area contributed by atoms with Crippen LogP contribution in [0.15, 0.2) is 45.6 Å². The molecule has 0 heterocycles. The van der Waals surface area contributed by atoms with Crippen LogP contribution in [-0.4, -0.2) is 0 Å². The van der Waals surface area contributed by atoms with Crippen LogP contribution in [0.3, 0.4) is 0 Å². The molecule has 0 nitrogen and oxygen atoms in total. The van der Waals surface area contributed by atoms with Crippen LogP contribution < -0.4 is 0 Å². The third-order valence-corrected chi connectivity index (χ3v) is 3.10. The summed E-state index contributed by atoms with van der Waals surface area (Å²) in [5, 5.41) is 0. The van der Waals surface area contributed by atoms with Gasteiger partial charge in [-0.2, -0.15) is 0 Å². The van der Waals surface area contributed by atoms with Crippen molar-refractivity contribution < 1.29 is 0 Å². The Morgan fingerprint density at radius 2 is 0.870 bits per heavy atom. The summed E-state index contributed by atoms with van der Waals surface area (Å²) in [6.07, 6.45) is 5.62. The molecule has 0 rings (SSSR count). The first-order valence-corrected chi connectivity index (χ1v) is 9.22. The molecule has 23 heavy (non-hydrogen) atoms. The van der Waals surface area contributed by atoms with Crippen LogP contribution >= 0.6 is 0 Å². The molecular formula is C23H46. The van der Waals surface area contributed by atoms with Gasteiger partial charge in [0.05, 0.1) is 0 Å². The standard InChI is InChI=1S/C10H18.C9H16.2C2H6/c1-6-9(4)7-10(5)8(2)3;1-7(2)6-9(5)8(3)4;2*1-2/h7H,6H2,1-5H3;6H,1-5H3;2*1-2H3/b9-7-;;;. The van der Waals surface area contributed by atoms with Crippen molar-refractivity contribution in [2.24, 2.45) is 0 Å². The van der Waals surface area contributed by atoms with Gasteiger partial charge in [0.15, 0.2) is 0 Å². The Labute approximate surface area is 149 Å². The molecule has 0 aromatic heterocycles. The number of hydrogen-bond donors (Lipinski definition) is 0. The molecule has 0 saturated heterocycles. The van der Waals surface area contributed by atoms with Crippen LogP contribution in [0.2, 0.25) is 0 Å². The molecule has 0 saturated carbocycles. The first kappa shape index (κ1) is 29.9. The predicted octanol–water partition coefficient (Wildman–Crippen LogP) is 9.06. The third kappa shape index (κ3) is 26.2. The zero-order valence-electron chi connectivity index (χ0n) is 18.9. The van der Waals surface area contributed by atoms with E-state index in [1.807, 2.05) is 27.7 Å². The fraction of sp³-hybridized carbons (Fsp3) is 0.652. The third-order valence-electron chi connectivity index (χ3n) is 3.10. The Morgan fingerprint density at radius 3 is 1.04 bits per heavy atom. The lowest BCUT2D eigenvalue weighted by Gasteiger charge is -1.98. The van der Waals surface area contributed by atoms with Crippen LogP contribution in [0.25, 0.3) is 0 Å². The summed E-state index contributed by atoms with van der Waals surface area (Å²) < 4.78 is 0. The van der Waals surface area contributed by atoms with Gasteiger partial charge in [0, 0.05) is 0 Å². The van der Waals surface area contributed by atoms with Gasteiger partial charge in [0.1, 0.15) is 0 Å². The normalized spacial score (nSPS) is 8.87. The van der Waals surface area contributed by atoms with Crippen molar-refractivity contribution in [1.82, 2.24) is 0 Å². The summed E-state index contributed by atoms with van der Waals surface area (Å²) in [4.78, 5) is 0. The first-order chi connectivity index (χ1) is 10.6. The van der Waals surface area contributed by atoms with E-state index in [2.05, 4.69) is 81.4 Å². The maximum absolute atomic E-state index is 2.26. The lowest BCUT2D eigenvalue weighted by molar-refractivity contribution is 1.09. The SMILES string of the molecule is CC.CC.CC(C)=CC(C)=C(C)C.CC/C(C)=C\C(C)=C(C)C. The van der Waals surface area contributed by atoms with Gasteiger partial charge in [0.25, 0.3) is 0 Å². The van der Waals surface area contributed by atoms with Crippen LogP contribution in [0, 0.1) is 0 Å². The van der Waals surface area contributed by atoms with Gasteiger partial charge in [-0.25, -0.2) is 0 Å². The highest BCUT2D eigenvalue weighted by atomic mass is 13.9. The smallest absolute Gasteiger partial charge is 0.0348 e. The van der Waals surface area contributed by atoms with Gasteiger partial charge < -0.3 is 0 Å². The van der Waals surface area contributed by atoms with Crippen molar-refractivity contribution in [2.45, 2.75) is 103 Å². The molecule has 138 valence electrons. The van der Waals surface area contributed by atoms with Crippen molar-refractivity contribution in [1.29, 1.82) is 0 Å². The topological polar surface area (TPSA) is 0 Å². The highest BCUT2D eigenvalue weighted by Crippen LogP contribution is 2.08. The molecule has 0 fully saturated rings. The number of hydrogen-bond acceptors (Lipinski definition) is 0. The minimum Gasteiger partial charge on any atom is -0.0762 e. The Balaban J connectivity index is -0.000000129. The summed E-state index contributed by atoms with van der Waals surface area (Å²) in [5.74, 6) is 0. The van der Waals surface area contributed by atoms with Crippen molar-refractivity contribution in [3.63, 3.8) is 0 Å². The van der Waals surface area contributed by atoms with E-state index in [0.717, 1.165) is 6.42 Å². The van der Waals surface area contributed by atoms with E-state index in [1.165, 1.54) is 33.4 Å². The Kier molecular flexibility index (Phi) is 27.3. The summed E-state index contributed by atoms with van der Waals surface area (Å²) in [6, 6.07) is 0. The van der Waals surface area contributed by atoms with Crippen LogP contribution in [0.1, 0.15) is 103 Å². The van der Waals surface area contributed by atoms with Gasteiger partial charge >= 0.3 is 0 Å². The highest BCUT2D eigenvalue weighted by Gasteiger charge is 1.87. The van der Waals surface area contributed by atoms with E-state index in [4.69, 9.17) is 0 Å². The number of allylic oxidation sites excluding steroid dienone is 8. The summed E-state index contributed by atoms with van der Waals surface area (Å²) in [5.41, 5.74) is 8.42. The lowest BCUT2D eigenvalue weighted by Crippen LogP contribution is -1.77.